The molecule has 6 heteroatoms. The second-order valence-corrected chi connectivity index (χ2v) is 6.62. The van der Waals surface area contributed by atoms with Crippen LogP contribution in [-0.4, -0.2) is 52.7 Å². The maximum Gasteiger partial charge on any atom is 0.118 e. The predicted octanol–water partition coefficient (Wildman–Crippen LogP) is 2.14. The molecule has 2 aromatic rings. The molecule has 1 saturated heterocycles. The zero-order chi connectivity index (χ0) is 17.6. The van der Waals surface area contributed by atoms with Crippen molar-refractivity contribution in [2.75, 3.05) is 26.8 Å². The fraction of sp³-hybridized carbons (Fsp3) is 0.526. The lowest BCUT2D eigenvalue weighted by Crippen LogP contribution is -2.34. The van der Waals surface area contributed by atoms with Crippen LogP contribution < -0.4 is 4.74 Å². The first-order chi connectivity index (χ1) is 12.2. The summed E-state index contributed by atoms with van der Waals surface area (Å²) < 4.78 is 12.7. The molecule has 6 nitrogen and oxygen atoms in total. The summed E-state index contributed by atoms with van der Waals surface area (Å²) in [5.41, 5.74) is 2.30. The molecule has 25 heavy (non-hydrogen) atoms. The molecule has 0 amide bonds. The first kappa shape index (κ1) is 17.9. The Bertz CT molecular complexity index is 656. The fourth-order valence-corrected chi connectivity index (χ4v) is 3.39. The Morgan fingerprint density at radius 2 is 2.12 bits per heavy atom. The third-order valence-electron chi connectivity index (χ3n) is 4.66. The number of likely N-dealkylation sites (tertiary alicyclic amines) is 1. The molecular formula is C19H27N3O3. The van der Waals surface area contributed by atoms with Gasteiger partial charge in [-0.05, 0) is 37.1 Å². The molecular weight excluding hydrogens is 318 g/mol. The van der Waals surface area contributed by atoms with Gasteiger partial charge in [0.15, 0.2) is 0 Å². The van der Waals surface area contributed by atoms with E-state index in [1.165, 1.54) is 5.56 Å². The highest BCUT2D eigenvalue weighted by atomic mass is 16.5. The Morgan fingerprint density at radius 3 is 2.80 bits per heavy atom. The highest BCUT2D eigenvalue weighted by Crippen LogP contribution is 2.31. The molecule has 136 valence electrons. The maximum atomic E-state index is 10.3. The number of aryl methyl sites for hydroxylation is 1. The van der Waals surface area contributed by atoms with Gasteiger partial charge >= 0.3 is 0 Å². The third-order valence-corrected chi connectivity index (χ3v) is 4.66. The number of hydrogen-bond donors (Lipinski definition) is 1. The van der Waals surface area contributed by atoms with Crippen molar-refractivity contribution in [2.45, 2.75) is 31.6 Å². The normalized spacial score (nSPS) is 19.2. The van der Waals surface area contributed by atoms with Crippen LogP contribution in [0.3, 0.4) is 0 Å². The number of methoxy groups -OCH3 is 1. The molecule has 1 aromatic heterocycles. The number of rotatable bonds is 8. The lowest BCUT2D eigenvalue weighted by molar-refractivity contribution is 0.00770. The van der Waals surface area contributed by atoms with Gasteiger partial charge in [0.1, 0.15) is 5.75 Å². The lowest BCUT2D eigenvalue weighted by atomic mass is 10.1. The summed E-state index contributed by atoms with van der Waals surface area (Å²) in [4.78, 5) is 2.33. The van der Waals surface area contributed by atoms with Crippen molar-refractivity contribution in [2.24, 2.45) is 7.05 Å². The minimum atomic E-state index is -0.490. The van der Waals surface area contributed by atoms with E-state index in [-0.39, 0.29) is 0 Å². The summed E-state index contributed by atoms with van der Waals surface area (Å²) in [6, 6.07) is 8.13. The van der Waals surface area contributed by atoms with E-state index in [0.29, 0.717) is 25.8 Å². The van der Waals surface area contributed by atoms with Crippen molar-refractivity contribution in [1.82, 2.24) is 14.7 Å². The second kappa shape index (κ2) is 8.47. The smallest absolute Gasteiger partial charge is 0.118 e. The van der Waals surface area contributed by atoms with E-state index in [0.717, 1.165) is 30.7 Å². The zero-order valence-electron chi connectivity index (χ0n) is 15.0. The summed E-state index contributed by atoms with van der Waals surface area (Å²) >= 11 is 0. The average Bonchev–Trinajstić information content (AvgIpc) is 3.24. The van der Waals surface area contributed by atoms with E-state index in [9.17, 15) is 5.11 Å². The van der Waals surface area contributed by atoms with E-state index in [4.69, 9.17) is 9.47 Å². The first-order valence-electron chi connectivity index (χ1n) is 8.77. The van der Waals surface area contributed by atoms with Crippen molar-refractivity contribution >= 4 is 0 Å². The Balaban J connectivity index is 1.44. The topological polar surface area (TPSA) is 59.8 Å². The van der Waals surface area contributed by atoms with Crippen LogP contribution in [0.15, 0.2) is 36.7 Å². The van der Waals surface area contributed by atoms with E-state index < -0.39 is 6.10 Å². The summed E-state index contributed by atoms with van der Waals surface area (Å²) in [6.07, 6.45) is 5.77. The van der Waals surface area contributed by atoms with Crippen LogP contribution in [0.5, 0.6) is 5.75 Å². The van der Waals surface area contributed by atoms with Gasteiger partial charge in [0.05, 0.1) is 32.6 Å². The van der Waals surface area contributed by atoms with Gasteiger partial charge in [-0.25, -0.2) is 0 Å². The molecule has 1 aliphatic rings. The molecule has 0 bridgehead atoms. The number of nitrogens with zero attached hydrogens (tertiary/aromatic N) is 3. The molecule has 0 radical (unpaired) electrons. The number of aliphatic hydroxyl groups is 1. The summed E-state index contributed by atoms with van der Waals surface area (Å²) in [5.74, 6) is 0.833. The Labute approximate surface area is 149 Å². The number of hydrogen-bond acceptors (Lipinski definition) is 5. The van der Waals surface area contributed by atoms with Crippen molar-refractivity contribution in [3.8, 4) is 5.75 Å². The minimum Gasteiger partial charge on any atom is -0.497 e. The maximum absolute atomic E-state index is 10.3. The Kier molecular flexibility index (Phi) is 6.07. The molecule has 1 aromatic carbocycles. The molecule has 2 unspecified atom stereocenters. The van der Waals surface area contributed by atoms with Crippen LogP contribution in [0.25, 0.3) is 0 Å². The van der Waals surface area contributed by atoms with Gasteiger partial charge in [-0.1, -0.05) is 12.1 Å². The van der Waals surface area contributed by atoms with E-state index in [1.807, 2.05) is 42.2 Å². The Hall–Kier alpha value is -1.89. The molecule has 0 spiro atoms. The quantitative estimate of drug-likeness (QED) is 0.794. The summed E-state index contributed by atoms with van der Waals surface area (Å²) in [5, 5.41) is 14.6. The van der Waals surface area contributed by atoms with Crippen LogP contribution in [0, 0.1) is 0 Å². The molecule has 3 rings (SSSR count). The molecule has 1 fully saturated rings. The van der Waals surface area contributed by atoms with Crippen LogP contribution in [-0.2, 0) is 18.4 Å². The van der Waals surface area contributed by atoms with Gasteiger partial charge in [-0.2, -0.15) is 5.10 Å². The third kappa shape index (κ3) is 4.81. The van der Waals surface area contributed by atoms with Crippen molar-refractivity contribution in [3.05, 3.63) is 47.8 Å². The van der Waals surface area contributed by atoms with Crippen molar-refractivity contribution in [3.63, 3.8) is 0 Å². The Morgan fingerprint density at radius 1 is 1.32 bits per heavy atom. The number of ether oxygens (including phenoxy) is 2. The van der Waals surface area contributed by atoms with E-state index >= 15 is 0 Å². The average molecular weight is 345 g/mol. The van der Waals surface area contributed by atoms with Crippen LogP contribution >= 0.6 is 0 Å². The molecule has 0 saturated carbocycles. The van der Waals surface area contributed by atoms with Gasteiger partial charge < -0.3 is 14.6 Å². The van der Waals surface area contributed by atoms with Gasteiger partial charge in [-0.15, -0.1) is 0 Å². The highest BCUT2D eigenvalue weighted by molar-refractivity contribution is 5.26. The molecule has 0 aliphatic carbocycles. The van der Waals surface area contributed by atoms with Gasteiger partial charge in [0, 0.05) is 31.4 Å². The summed E-state index contributed by atoms with van der Waals surface area (Å²) in [7, 11) is 3.59. The van der Waals surface area contributed by atoms with Crippen molar-refractivity contribution < 1.29 is 14.6 Å². The lowest BCUT2D eigenvalue weighted by Gasteiger charge is -2.26. The second-order valence-electron chi connectivity index (χ2n) is 6.62. The van der Waals surface area contributed by atoms with Crippen molar-refractivity contribution in [1.29, 1.82) is 0 Å². The molecule has 1 N–H and O–H groups in total. The zero-order valence-corrected chi connectivity index (χ0v) is 15.0. The molecule has 2 heterocycles. The predicted molar refractivity (Wildman–Crippen MR) is 95.4 cm³/mol. The number of β-amino-alcohol motifs (C(OH)–C–C–N with tert-alkyl or cyclic N) is 1. The number of benzene rings is 1. The fourth-order valence-electron chi connectivity index (χ4n) is 3.39. The SMILES string of the molecule is COc1ccc(COCC(O)CN2CCCC2c2cnn(C)c2)cc1. The largest absolute Gasteiger partial charge is 0.497 e. The highest BCUT2D eigenvalue weighted by Gasteiger charge is 2.28. The van der Waals surface area contributed by atoms with Gasteiger partial charge in [0.2, 0.25) is 0 Å². The van der Waals surface area contributed by atoms with E-state index in [2.05, 4.69) is 16.2 Å². The van der Waals surface area contributed by atoms with Crippen LogP contribution in [0.1, 0.15) is 30.0 Å². The van der Waals surface area contributed by atoms with E-state index in [1.54, 1.807) is 7.11 Å². The standard InChI is InChI=1S/C19H27N3O3/c1-21-11-16(10-20-21)19-4-3-9-22(19)12-17(23)14-25-13-15-5-7-18(24-2)8-6-15/h5-8,10-11,17,19,23H,3-4,9,12-14H2,1-2H3. The molecule has 2 atom stereocenters. The number of aliphatic hydroxyl groups excluding tert-OH is 1. The van der Waals surface area contributed by atoms with Gasteiger partial charge in [-0.3, -0.25) is 9.58 Å². The monoisotopic (exact) mass is 345 g/mol. The molecule has 1 aliphatic heterocycles. The minimum absolute atomic E-state index is 0.336. The summed E-state index contributed by atoms with van der Waals surface area (Å²) in [6.45, 7) is 2.46. The first-order valence-corrected chi connectivity index (χ1v) is 8.77. The van der Waals surface area contributed by atoms with Gasteiger partial charge in [0.25, 0.3) is 0 Å². The van der Waals surface area contributed by atoms with Crippen LogP contribution in [0.2, 0.25) is 0 Å². The van der Waals surface area contributed by atoms with Crippen LogP contribution in [0.4, 0.5) is 0 Å². The number of aromatic nitrogens is 2.